The number of amides is 2. The lowest BCUT2D eigenvalue weighted by molar-refractivity contribution is -0.115. The van der Waals surface area contributed by atoms with Crippen LogP contribution in [0.4, 0.5) is 10.8 Å². The van der Waals surface area contributed by atoms with Gasteiger partial charge in [-0.2, -0.15) is 0 Å². The van der Waals surface area contributed by atoms with Crippen molar-refractivity contribution in [2.45, 2.75) is 13.3 Å². The molecule has 1 aromatic heterocycles. The lowest BCUT2D eigenvalue weighted by Crippen LogP contribution is -2.19. The highest BCUT2D eigenvalue weighted by molar-refractivity contribution is 7.13. The second-order valence-electron chi connectivity index (χ2n) is 4.51. The Labute approximate surface area is 126 Å². The van der Waals surface area contributed by atoms with Crippen LogP contribution in [-0.4, -0.2) is 23.8 Å². The van der Waals surface area contributed by atoms with Crippen LogP contribution in [0.1, 0.15) is 21.6 Å². The van der Waals surface area contributed by atoms with Crippen LogP contribution in [0.15, 0.2) is 23.6 Å². The number of rotatable bonds is 4. The molecule has 7 heteroatoms. The van der Waals surface area contributed by atoms with Crippen LogP contribution < -0.4 is 16.4 Å². The molecule has 110 valence electrons. The Morgan fingerprint density at radius 3 is 2.76 bits per heavy atom. The molecule has 0 spiro atoms. The van der Waals surface area contributed by atoms with Crippen molar-refractivity contribution >= 4 is 34.0 Å². The summed E-state index contributed by atoms with van der Waals surface area (Å²) in [6.07, 6.45) is 0.150. The number of nitrogens with one attached hydrogen (secondary N) is 2. The molecule has 2 rings (SSSR count). The van der Waals surface area contributed by atoms with E-state index in [0.29, 0.717) is 22.1 Å². The van der Waals surface area contributed by atoms with Gasteiger partial charge in [-0.15, -0.1) is 11.3 Å². The van der Waals surface area contributed by atoms with E-state index in [1.54, 1.807) is 30.6 Å². The second-order valence-corrected chi connectivity index (χ2v) is 5.40. The smallest absolute Gasteiger partial charge is 0.251 e. The van der Waals surface area contributed by atoms with Gasteiger partial charge >= 0.3 is 0 Å². The van der Waals surface area contributed by atoms with Crippen LogP contribution in [-0.2, 0) is 11.2 Å². The molecule has 2 amide bonds. The molecule has 1 heterocycles. The van der Waals surface area contributed by atoms with Crippen LogP contribution in [0, 0.1) is 6.92 Å². The van der Waals surface area contributed by atoms with Crippen molar-refractivity contribution in [3.63, 3.8) is 0 Å². The molecule has 0 bridgehead atoms. The molecule has 0 saturated heterocycles. The van der Waals surface area contributed by atoms with Crippen molar-refractivity contribution < 1.29 is 9.59 Å². The first-order chi connectivity index (χ1) is 9.99. The third-order valence-electron chi connectivity index (χ3n) is 2.91. The van der Waals surface area contributed by atoms with Gasteiger partial charge in [0.2, 0.25) is 5.91 Å². The summed E-state index contributed by atoms with van der Waals surface area (Å²) in [5, 5.41) is 7.53. The Morgan fingerprint density at radius 2 is 2.14 bits per heavy atom. The molecule has 1 aromatic carbocycles. The SMILES string of the molecule is CNC(=O)c1ccc(C)c(NC(=O)Cc2csc(N)n2)c1. The number of carbonyl (C=O) groups is 2. The lowest BCUT2D eigenvalue weighted by Gasteiger charge is -2.09. The molecule has 0 saturated carbocycles. The first kappa shape index (κ1) is 15.0. The van der Waals surface area contributed by atoms with Gasteiger partial charge in [-0.25, -0.2) is 4.98 Å². The number of thiazole rings is 1. The van der Waals surface area contributed by atoms with Crippen molar-refractivity contribution in [1.29, 1.82) is 0 Å². The van der Waals surface area contributed by atoms with E-state index in [-0.39, 0.29) is 18.2 Å². The van der Waals surface area contributed by atoms with Gasteiger partial charge in [0.25, 0.3) is 5.91 Å². The summed E-state index contributed by atoms with van der Waals surface area (Å²) in [6, 6.07) is 5.16. The van der Waals surface area contributed by atoms with Gasteiger partial charge in [0.1, 0.15) is 0 Å². The zero-order valence-electron chi connectivity index (χ0n) is 11.8. The fraction of sp³-hybridized carbons (Fsp3) is 0.214. The Balaban J connectivity index is 2.11. The van der Waals surface area contributed by atoms with Gasteiger partial charge in [-0.05, 0) is 24.6 Å². The topological polar surface area (TPSA) is 97.1 Å². The van der Waals surface area contributed by atoms with Crippen LogP contribution >= 0.6 is 11.3 Å². The standard InChI is InChI=1S/C14H16N4O2S/c1-8-3-4-9(13(20)16-2)5-11(8)18-12(19)6-10-7-21-14(15)17-10/h3-5,7H,6H2,1-2H3,(H2,15,17)(H,16,20)(H,18,19). The minimum Gasteiger partial charge on any atom is -0.375 e. The zero-order valence-corrected chi connectivity index (χ0v) is 12.6. The maximum absolute atomic E-state index is 12.0. The zero-order chi connectivity index (χ0) is 15.4. The van der Waals surface area contributed by atoms with Crippen molar-refractivity contribution in [3.05, 3.63) is 40.4 Å². The molecule has 21 heavy (non-hydrogen) atoms. The summed E-state index contributed by atoms with van der Waals surface area (Å²) in [5.74, 6) is -0.393. The maximum Gasteiger partial charge on any atom is 0.251 e. The van der Waals surface area contributed by atoms with E-state index in [9.17, 15) is 9.59 Å². The Hall–Kier alpha value is -2.41. The molecule has 0 fully saturated rings. The predicted molar refractivity (Wildman–Crippen MR) is 83.4 cm³/mol. The molecule has 6 nitrogen and oxygen atoms in total. The van der Waals surface area contributed by atoms with E-state index in [1.165, 1.54) is 11.3 Å². The molecule has 0 aliphatic carbocycles. The van der Waals surface area contributed by atoms with E-state index in [4.69, 9.17) is 5.73 Å². The number of hydrogen-bond acceptors (Lipinski definition) is 5. The molecular weight excluding hydrogens is 288 g/mol. The van der Waals surface area contributed by atoms with Gasteiger partial charge < -0.3 is 16.4 Å². The van der Waals surface area contributed by atoms with Crippen molar-refractivity contribution in [2.24, 2.45) is 0 Å². The van der Waals surface area contributed by atoms with Crippen LogP contribution in [0.5, 0.6) is 0 Å². The quantitative estimate of drug-likeness (QED) is 0.798. The highest BCUT2D eigenvalue weighted by Gasteiger charge is 2.11. The monoisotopic (exact) mass is 304 g/mol. The maximum atomic E-state index is 12.0. The number of carbonyl (C=O) groups excluding carboxylic acids is 2. The van der Waals surface area contributed by atoms with Gasteiger partial charge in [-0.1, -0.05) is 6.07 Å². The Kier molecular flexibility index (Phi) is 4.54. The van der Waals surface area contributed by atoms with Gasteiger partial charge in [0.15, 0.2) is 5.13 Å². The van der Waals surface area contributed by atoms with Crippen molar-refractivity contribution in [2.75, 3.05) is 18.1 Å². The predicted octanol–water partition coefficient (Wildman–Crippen LogP) is 1.57. The van der Waals surface area contributed by atoms with Crippen LogP contribution in [0.2, 0.25) is 0 Å². The molecule has 2 aromatic rings. The number of aromatic nitrogens is 1. The fourth-order valence-electron chi connectivity index (χ4n) is 1.80. The summed E-state index contributed by atoms with van der Waals surface area (Å²) >= 11 is 1.30. The summed E-state index contributed by atoms with van der Waals surface area (Å²) in [5.41, 5.74) is 8.16. The molecule has 0 aliphatic rings. The van der Waals surface area contributed by atoms with Crippen LogP contribution in [0.3, 0.4) is 0 Å². The molecule has 0 unspecified atom stereocenters. The highest BCUT2D eigenvalue weighted by atomic mass is 32.1. The third kappa shape index (κ3) is 3.79. The number of benzene rings is 1. The molecule has 0 radical (unpaired) electrons. The largest absolute Gasteiger partial charge is 0.375 e. The second kappa shape index (κ2) is 6.36. The Bertz CT molecular complexity index is 681. The highest BCUT2D eigenvalue weighted by Crippen LogP contribution is 2.18. The summed E-state index contributed by atoms with van der Waals surface area (Å²) in [7, 11) is 1.56. The van der Waals surface area contributed by atoms with Gasteiger partial charge in [0.05, 0.1) is 12.1 Å². The third-order valence-corrected chi connectivity index (χ3v) is 3.63. The number of aryl methyl sites for hydroxylation is 1. The lowest BCUT2D eigenvalue weighted by atomic mass is 10.1. The average Bonchev–Trinajstić information content (AvgIpc) is 2.85. The average molecular weight is 304 g/mol. The van der Waals surface area contributed by atoms with E-state index in [2.05, 4.69) is 15.6 Å². The first-order valence-corrected chi connectivity index (χ1v) is 7.20. The first-order valence-electron chi connectivity index (χ1n) is 6.32. The number of nitrogens with zero attached hydrogens (tertiary/aromatic N) is 1. The molecular formula is C14H16N4O2S. The van der Waals surface area contributed by atoms with Crippen molar-refractivity contribution in [3.8, 4) is 0 Å². The minimum absolute atomic E-state index is 0.150. The van der Waals surface area contributed by atoms with E-state index < -0.39 is 0 Å². The normalized spacial score (nSPS) is 10.2. The van der Waals surface area contributed by atoms with Gasteiger partial charge in [0, 0.05) is 23.7 Å². The van der Waals surface area contributed by atoms with Crippen LogP contribution in [0.25, 0.3) is 0 Å². The molecule has 4 N–H and O–H groups in total. The number of anilines is 2. The molecule has 0 atom stereocenters. The summed E-state index contributed by atoms with van der Waals surface area (Å²) < 4.78 is 0. The minimum atomic E-state index is -0.197. The van der Waals surface area contributed by atoms with E-state index in [1.807, 2.05) is 6.92 Å². The Morgan fingerprint density at radius 1 is 1.38 bits per heavy atom. The van der Waals surface area contributed by atoms with Crippen molar-refractivity contribution in [1.82, 2.24) is 10.3 Å². The summed E-state index contributed by atoms with van der Waals surface area (Å²) in [6.45, 7) is 1.87. The molecule has 0 aliphatic heterocycles. The number of nitrogens with two attached hydrogens (primary N) is 1. The number of nitrogen functional groups attached to an aromatic ring is 1. The fourth-order valence-corrected chi connectivity index (χ4v) is 2.37. The van der Waals surface area contributed by atoms with E-state index in [0.717, 1.165) is 5.56 Å². The number of hydrogen-bond donors (Lipinski definition) is 3. The summed E-state index contributed by atoms with van der Waals surface area (Å²) in [4.78, 5) is 27.7. The van der Waals surface area contributed by atoms with Gasteiger partial charge in [-0.3, -0.25) is 9.59 Å². The van der Waals surface area contributed by atoms with E-state index >= 15 is 0 Å².